The summed E-state index contributed by atoms with van der Waals surface area (Å²) in [4.78, 5) is 43.9. The van der Waals surface area contributed by atoms with Gasteiger partial charge in [0.05, 0.1) is 18.1 Å². The monoisotopic (exact) mass is 570 g/mol. The molecule has 2 aliphatic rings. The van der Waals surface area contributed by atoms with Gasteiger partial charge < -0.3 is 30.5 Å². The second-order valence-corrected chi connectivity index (χ2v) is 12.1. The molecular formula is C28H47ClN4O6. The molecule has 3 amide bonds. The molecule has 11 heteroatoms. The lowest BCUT2D eigenvalue weighted by Crippen LogP contribution is -2.53. The van der Waals surface area contributed by atoms with E-state index in [9.17, 15) is 14.4 Å². The lowest BCUT2D eigenvalue weighted by Gasteiger charge is -2.31. The molecule has 0 radical (unpaired) electrons. The molecule has 2 heterocycles. The van der Waals surface area contributed by atoms with Crippen molar-refractivity contribution in [3.63, 3.8) is 0 Å². The molecule has 0 bridgehead atoms. The Bertz CT molecular complexity index is 898. The van der Waals surface area contributed by atoms with E-state index in [4.69, 9.17) is 21.1 Å². The van der Waals surface area contributed by atoms with Gasteiger partial charge >= 0.3 is 6.09 Å². The number of ether oxygens (including phenoxy) is 2. The summed E-state index contributed by atoms with van der Waals surface area (Å²) in [5, 5.41) is 5.99. The Morgan fingerprint density at radius 3 is 2.31 bits per heavy atom. The van der Waals surface area contributed by atoms with Gasteiger partial charge in [-0.25, -0.2) is 9.78 Å². The summed E-state index contributed by atoms with van der Waals surface area (Å²) in [6.45, 7) is 12.6. The van der Waals surface area contributed by atoms with Crippen LogP contribution >= 0.6 is 11.6 Å². The Morgan fingerprint density at radius 1 is 1.10 bits per heavy atom. The van der Waals surface area contributed by atoms with Crippen LogP contribution in [0.2, 0.25) is 5.02 Å². The predicted octanol–water partition coefficient (Wildman–Crippen LogP) is 4.14. The standard InChI is InChI=1S/C24H35ClN4O5.C4H10.H2O/c1-24(2,3)34-23(32)28-21(16-7-5-4-6-8-16)22(31)27-14-20(30)29-12-11-18(15-29)33-19-10-9-17(25)13-26-19;1-4(2)3;/h9-10,13,16,18,21H,4-8,11-12,14-15H2,1-3H3,(H,27,31)(H,28,32);4H,1-3H3;1H2. The van der Waals surface area contributed by atoms with Gasteiger partial charge in [-0.2, -0.15) is 0 Å². The van der Waals surface area contributed by atoms with E-state index in [1.54, 1.807) is 37.8 Å². The largest absolute Gasteiger partial charge is 0.472 e. The maximum atomic E-state index is 13.0. The van der Waals surface area contributed by atoms with E-state index < -0.39 is 17.7 Å². The molecule has 222 valence electrons. The van der Waals surface area contributed by atoms with Gasteiger partial charge in [-0.1, -0.05) is 51.6 Å². The van der Waals surface area contributed by atoms with Gasteiger partial charge in [0.15, 0.2) is 0 Å². The van der Waals surface area contributed by atoms with Gasteiger partial charge in [-0.15, -0.1) is 0 Å². The second kappa shape index (κ2) is 16.5. The number of carbonyl (C=O) groups excluding carboxylic acids is 3. The molecule has 1 saturated carbocycles. The van der Waals surface area contributed by atoms with Crippen LogP contribution < -0.4 is 15.4 Å². The fraction of sp³-hybridized carbons (Fsp3) is 0.714. The number of likely N-dealkylation sites (tertiary alicyclic amines) is 1. The van der Waals surface area contributed by atoms with E-state index in [1.807, 2.05) is 0 Å². The van der Waals surface area contributed by atoms with E-state index in [2.05, 4.69) is 36.4 Å². The van der Waals surface area contributed by atoms with Crippen molar-refractivity contribution in [3.8, 4) is 5.88 Å². The summed E-state index contributed by atoms with van der Waals surface area (Å²) in [5.41, 5.74) is -0.663. The molecule has 2 atom stereocenters. The van der Waals surface area contributed by atoms with Gasteiger partial charge in [0.2, 0.25) is 17.7 Å². The van der Waals surface area contributed by atoms with Crippen LogP contribution in [0, 0.1) is 11.8 Å². The highest BCUT2D eigenvalue weighted by molar-refractivity contribution is 6.30. The number of aromatic nitrogens is 1. The maximum absolute atomic E-state index is 13.0. The molecule has 1 aromatic rings. The van der Waals surface area contributed by atoms with Gasteiger partial charge in [0, 0.05) is 25.2 Å². The van der Waals surface area contributed by atoms with E-state index in [-0.39, 0.29) is 35.9 Å². The lowest BCUT2D eigenvalue weighted by molar-refractivity contribution is -0.133. The van der Waals surface area contributed by atoms with Crippen molar-refractivity contribution in [3.05, 3.63) is 23.4 Å². The summed E-state index contributed by atoms with van der Waals surface area (Å²) in [5.74, 6) is 0.764. The van der Waals surface area contributed by atoms with Crippen LogP contribution in [-0.2, 0) is 14.3 Å². The maximum Gasteiger partial charge on any atom is 0.408 e. The average molecular weight is 571 g/mol. The SMILES string of the molecule is CC(C)(C)OC(=O)NC(C(=O)NCC(=O)N1CCC(Oc2ccc(Cl)cn2)C1)C1CCCCC1.CC(C)C.O. The molecule has 4 N–H and O–H groups in total. The number of alkyl carbamates (subject to hydrolysis) is 1. The number of rotatable bonds is 7. The Hall–Kier alpha value is -2.59. The molecule has 1 saturated heterocycles. The van der Waals surface area contributed by atoms with Crippen LogP contribution in [0.1, 0.15) is 80.1 Å². The molecule has 39 heavy (non-hydrogen) atoms. The van der Waals surface area contributed by atoms with Crippen molar-refractivity contribution >= 4 is 29.5 Å². The van der Waals surface area contributed by atoms with Gasteiger partial charge in [-0.05, 0) is 51.5 Å². The fourth-order valence-electron chi connectivity index (χ4n) is 4.34. The smallest absolute Gasteiger partial charge is 0.408 e. The third-order valence-corrected chi connectivity index (χ3v) is 6.20. The van der Waals surface area contributed by atoms with Crippen LogP contribution in [0.3, 0.4) is 0 Å². The highest BCUT2D eigenvalue weighted by Gasteiger charge is 2.33. The highest BCUT2D eigenvalue weighted by Crippen LogP contribution is 2.27. The number of hydrogen-bond acceptors (Lipinski definition) is 6. The van der Waals surface area contributed by atoms with Gasteiger partial charge in [-0.3, -0.25) is 9.59 Å². The number of nitrogens with one attached hydrogen (secondary N) is 2. The minimum absolute atomic E-state index is 0. The number of carbonyl (C=O) groups is 3. The van der Waals surface area contributed by atoms with E-state index in [0.29, 0.717) is 30.4 Å². The number of hydrogen-bond donors (Lipinski definition) is 2. The molecule has 1 aliphatic carbocycles. The number of nitrogens with zero attached hydrogens (tertiary/aromatic N) is 2. The molecule has 2 fully saturated rings. The third kappa shape index (κ3) is 13.4. The van der Waals surface area contributed by atoms with Crippen molar-refractivity contribution in [1.29, 1.82) is 0 Å². The minimum Gasteiger partial charge on any atom is -0.472 e. The first kappa shape index (κ1) is 34.4. The summed E-state index contributed by atoms with van der Waals surface area (Å²) in [6.07, 6.45) is 6.25. The molecule has 0 spiro atoms. The quantitative estimate of drug-likeness (QED) is 0.504. The van der Waals surface area contributed by atoms with Crippen LogP contribution in [0.5, 0.6) is 5.88 Å². The Morgan fingerprint density at radius 2 is 1.74 bits per heavy atom. The lowest BCUT2D eigenvalue weighted by atomic mass is 9.83. The number of halogens is 1. The molecule has 1 aromatic heterocycles. The van der Waals surface area contributed by atoms with Crippen molar-refractivity contribution < 1.29 is 29.3 Å². The van der Waals surface area contributed by atoms with Crippen molar-refractivity contribution in [2.24, 2.45) is 11.8 Å². The summed E-state index contributed by atoms with van der Waals surface area (Å²) in [7, 11) is 0. The molecule has 10 nitrogen and oxygen atoms in total. The molecule has 3 rings (SSSR count). The van der Waals surface area contributed by atoms with Crippen LogP contribution in [-0.4, -0.2) is 70.6 Å². The summed E-state index contributed by atoms with van der Waals surface area (Å²) < 4.78 is 11.2. The third-order valence-electron chi connectivity index (χ3n) is 5.98. The van der Waals surface area contributed by atoms with Crippen LogP contribution in [0.25, 0.3) is 0 Å². The Balaban J connectivity index is 0.00000142. The zero-order valence-electron chi connectivity index (χ0n) is 24.2. The normalized spacial score (nSPS) is 18.3. The van der Waals surface area contributed by atoms with Crippen molar-refractivity contribution in [2.45, 2.75) is 97.8 Å². The van der Waals surface area contributed by atoms with Gasteiger partial charge in [0.25, 0.3) is 0 Å². The second-order valence-electron chi connectivity index (χ2n) is 11.7. The number of amides is 3. The zero-order chi connectivity index (χ0) is 28.3. The van der Waals surface area contributed by atoms with Crippen LogP contribution in [0.15, 0.2) is 18.3 Å². The first-order chi connectivity index (χ1) is 17.8. The first-order valence-electron chi connectivity index (χ1n) is 13.7. The Labute approximate surface area is 237 Å². The molecule has 2 unspecified atom stereocenters. The fourth-order valence-corrected chi connectivity index (χ4v) is 4.45. The van der Waals surface area contributed by atoms with E-state index >= 15 is 0 Å². The van der Waals surface area contributed by atoms with Crippen molar-refractivity contribution in [2.75, 3.05) is 19.6 Å². The Kier molecular flexibility index (Phi) is 14.6. The topological polar surface area (TPSA) is 141 Å². The summed E-state index contributed by atoms with van der Waals surface area (Å²) in [6, 6.07) is 2.66. The molecule has 1 aliphatic heterocycles. The minimum atomic E-state index is -0.728. The average Bonchev–Trinajstić information content (AvgIpc) is 3.30. The zero-order valence-corrected chi connectivity index (χ0v) is 25.0. The predicted molar refractivity (Wildman–Crippen MR) is 152 cm³/mol. The highest BCUT2D eigenvalue weighted by atomic mass is 35.5. The van der Waals surface area contributed by atoms with E-state index in [1.165, 1.54) is 6.20 Å². The van der Waals surface area contributed by atoms with Crippen LogP contribution in [0.4, 0.5) is 4.79 Å². The molecular weight excluding hydrogens is 524 g/mol. The first-order valence-corrected chi connectivity index (χ1v) is 14.0. The summed E-state index contributed by atoms with van der Waals surface area (Å²) >= 11 is 5.85. The number of pyridine rings is 1. The van der Waals surface area contributed by atoms with E-state index in [0.717, 1.165) is 38.0 Å². The molecule has 0 aromatic carbocycles. The van der Waals surface area contributed by atoms with Gasteiger partial charge in [0.1, 0.15) is 17.7 Å². The van der Waals surface area contributed by atoms with Crippen molar-refractivity contribution in [1.82, 2.24) is 20.5 Å².